The van der Waals surface area contributed by atoms with Gasteiger partial charge in [0.05, 0.1) is 4.88 Å². The number of halogens is 1. The third-order valence-corrected chi connectivity index (χ3v) is 5.33. The molecule has 2 aromatic heterocycles. The molecule has 126 valence electrons. The number of benzene rings is 1. The fourth-order valence-electron chi connectivity index (χ4n) is 2.03. The lowest BCUT2D eigenvalue weighted by Crippen LogP contribution is -2.30. The lowest BCUT2D eigenvalue weighted by atomic mass is 10.2. The summed E-state index contributed by atoms with van der Waals surface area (Å²) >= 11 is 6.18. The van der Waals surface area contributed by atoms with Gasteiger partial charge in [0.15, 0.2) is 0 Å². The predicted octanol–water partition coefficient (Wildman–Crippen LogP) is 4.98. The van der Waals surface area contributed by atoms with Crippen molar-refractivity contribution in [2.75, 3.05) is 5.32 Å². The standard InChI is InChI=1S/C18H13BrN2O2S2/c19-12-4-1-5-13(10-12)20-17(22)15(11-14-6-2-8-24-14)21-18(23)16-7-3-9-25-16/h1-11H,(H,20,22)(H,21,23). The summed E-state index contributed by atoms with van der Waals surface area (Å²) in [6.07, 6.45) is 1.67. The first kappa shape index (κ1) is 17.6. The molecule has 0 saturated carbocycles. The van der Waals surface area contributed by atoms with Crippen LogP contribution in [0.15, 0.2) is 69.5 Å². The van der Waals surface area contributed by atoms with Crippen LogP contribution in [-0.2, 0) is 4.79 Å². The number of anilines is 1. The maximum Gasteiger partial charge on any atom is 0.272 e. The molecule has 0 spiro atoms. The Bertz CT molecular complexity index is 903. The van der Waals surface area contributed by atoms with Crippen LogP contribution in [0.3, 0.4) is 0 Å². The Morgan fingerprint density at radius 2 is 1.80 bits per heavy atom. The van der Waals surface area contributed by atoms with E-state index in [0.29, 0.717) is 10.6 Å². The van der Waals surface area contributed by atoms with Gasteiger partial charge >= 0.3 is 0 Å². The molecule has 0 bridgehead atoms. The molecule has 0 aliphatic heterocycles. The molecule has 2 heterocycles. The molecule has 3 rings (SSSR count). The average molecular weight is 433 g/mol. The van der Waals surface area contributed by atoms with Crippen molar-refractivity contribution in [2.24, 2.45) is 0 Å². The van der Waals surface area contributed by atoms with E-state index in [1.807, 2.05) is 35.0 Å². The molecule has 0 aliphatic carbocycles. The largest absolute Gasteiger partial charge is 0.321 e. The summed E-state index contributed by atoms with van der Waals surface area (Å²) < 4.78 is 0.858. The lowest BCUT2D eigenvalue weighted by molar-refractivity contribution is -0.113. The molecule has 0 unspecified atom stereocenters. The highest BCUT2D eigenvalue weighted by atomic mass is 79.9. The van der Waals surface area contributed by atoms with E-state index in [-0.39, 0.29) is 17.5 Å². The maximum atomic E-state index is 12.7. The SMILES string of the molecule is O=C(Nc1cccc(Br)c1)C(=Cc1cccs1)NC(=O)c1cccs1. The van der Waals surface area contributed by atoms with E-state index >= 15 is 0 Å². The highest BCUT2D eigenvalue weighted by Gasteiger charge is 2.16. The van der Waals surface area contributed by atoms with Gasteiger partial charge in [0.25, 0.3) is 11.8 Å². The summed E-state index contributed by atoms with van der Waals surface area (Å²) in [4.78, 5) is 26.4. The van der Waals surface area contributed by atoms with Gasteiger partial charge in [-0.25, -0.2) is 0 Å². The van der Waals surface area contributed by atoms with Crippen molar-refractivity contribution in [1.29, 1.82) is 0 Å². The van der Waals surface area contributed by atoms with E-state index in [0.717, 1.165) is 9.35 Å². The molecule has 4 nitrogen and oxygen atoms in total. The predicted molar refractivity (Wildman–Crippen MR) is 107 cm³/mol. The van der Waals surface area contributed by atoms with Gasteiger partial charge in [-0.3, -0.25) is 9.59 Å². The highest BCUT2D eigenvalue weighted by molar-refractivity contribution is 9.10. The maximum absolute atomic E-state index is 12.7. The number of amides is 2. The Balaban J connectivity index is 1.83. The minimum atomic E-state index is -0.378. The Hall–Kier alpha value is -2.22. The van der Waals surface area contributed by atoms with Crippen molar-refractivity contribution in [3.8, 4) is 0 Å². The van der Waals surface area contributed by atoms with Gasteiger partial charge in [-0.15, -0.1) is 22.7 Å². The quantitative estimate of drug-likeness (QED) is 0.558. The van der Waals surface area contributed by atoms with E-state index in [1.54, 1.807) is 30.3 Å². The zero-order valence-electron chi connectivity index (χ0n) is 12.9. The molecule has 25 heavy (non-hydrogen) atoms. The second-order valence-electron chi connectivity index (χ2n) is 4.97. The zero-order valence-corrected chi connectivity index (χ0v) is 16.1. The summed E-state index contributed by atoms with van der Waals surface area (Å²) in [5.41, 5.74) is 0.836. The molecular formula is C18H13BrN2O2S2. The normalized spacial score (nSPS) is 11.2. The number of thiophene rings is 2. The summed E-state index contributed by atoms with van der Waals surface area (Å²) in [6.45, 7) is 0. The van der Waals surface area contributed by atoms with Crippen LogP contribution in [0.1, 0.15) is 14.5 Å². The van der Waals surface area contributed by atoms with Gasteiger partial charge in [-0.1, -0.05) is 34.1 Å². The molecular weight excluding hydrogens is 420 g/mol. The zero-order chi connectivity index (χ0) is 17.6. The van der Waals surface area contributed by atoms with Crippen molar-refractivity contribution in [2.45, 2.75) is 0 Å². The van der Waals surface area contributed by atoms with Crippen molar-refractivity contribution in [3.05, 3.63) is 79.2 Å². The molecule has 7 heteroatoms. The molecule has 0 radical (unpaired) electrons. The Morgan fingerprint density at radius 1 is 1.00 bits per heavy atom. The molecule has 0 atom stereocenters. The topological polar surface area (TPSA) is 58.2 Å². The lowest BCUT2D eigenvalue weighted by Gasteiger charge is -2.10. The monoisotopic (exact) mass is 432 g/mol. The number of hydrogen-bond donors (Lipinski definition) is 2. The van der Waals surface area contributed by atoms with Gasteiger partial charge in [0.2, 0.25) is 0 Å². The van der Waals surface area contributed by atoms with Crippen molar-refractivity contribution >= 4 is 62.2 Å². The second kappa shape index (κ2) is 8.24. The molecule has 2 N–H and O–H groups in total. The van der Waals surface area contributed by atoms with Crippen LogP contribution in [0, 0.1) is 0 Å². The summed E-state index contributed by atoms with van der Waals surface area (Å²) in [5, 5.41) is 9.24. The van der Waals surface area contributed by atoms with Crippen LogP contribution >= 0.6 is 38.6 Å². The third-order valence-electron chi connectivity index (χ3n) is 3.15. The first-order valence-electron chi connectivity index (χ1n) is 7.29. The van der Waals surface area contributed by atoms with E-state index in [4.69, 9.17) is 0 Å². The summed E-state index contributed by atoms with van der Waals surface area (Å²) in [6, 6.07) is 14.6. The van der Waals surface area contributed by atoms with Gasteiger partial charge < -0.3 is 10.6 Å². The van der Waals surface area contributed by atoms with Crippen molar-refractivity contribution in [1.82, 2.24) is 5.32 Å². The third kappa shape index (κ3) is 4.88. The first-order chi connectivity index (χ1) is 12.1. The van der Waals surface area contributed by atoms with Gasteiger partial charge in [-0.2, -0.15) is 0 Å². The van der Waals surface area contributed by atoms with Crippen LogP contribution in [0.2, 0.25) is 0 Å². The van der Waals surface area contributed by atoms with E-state index < -0.39 is 0 Å². The Morgan fingerprint density at radius 3 is 2.48 bits per heavy atom. The molecule has 0 aliphatic rings. The number of nitrogens with one attached hydrogen (secondary N) is 2. The second-order valence-corrected chi connectivity index (χ2v) is 7.81. The summed E-state index contributed by atoms with van der Waals surface area (Å²) in [7, 11) is 0. The molecule has 3 aromatic rings. The van der Waals surface area contributed by atoms with Gasteiger partial charge in [0.1, 0.15) is 5.70 Å². The van der Waals surface area contributed by atoms with Crippen LogP contribution in [0.5, 0.6) is 0 Å². The van der Waals surface area contributed by atoms with Gasteiger partial charge in [0, 0.05) is 15.0 Å². The summed E-state index contributed by atoms with van der Waals surface area (Å²) in [5.74, 6) is -0.682. The average Bonchev–Trinajstić information content (AvgIpc) is 3.28. The minimum absolute atomic E-state index is 0.195. The van der Waals surface area contributed by atoms with E-state index in [2.05, 4.69) is 26.6 Å². The Kier molecular flexibility index (Phi) is 5.80. The van der Waals surface area contributed by atoms with Crippen molar-refractivity contribution in [3.63, 3.8) is 0 Å². The molecule has 0 saturated heterocycles. The molecule has 2 amide bonds. The fourth-order valence-corrected chi connectivity index (χ4v) is 3.71. The minimum Gasteiger partial charge on any atom is -0.321 e. The van der Waals surface area contributed by atoms with Crippen molar-refractivity contribution < 1.29 is 9.59 Å². The number of hydrogen-bond acceptors (Lipinski definition) is 4. The van der Waals surface area contributed by atoms with Crippen LogP contribution < -0.4 is 10.6 Å². The van der Waals surface area contributed by atoms with E-state index in [1.165, 1.54) is 22.7 Å². The highest BCUT2D eigenvalue weighted by Crippen LogP contribution is 2.18. The number of carbonyl (C=O) groups is 2. The van der Waals surface area contributed by atoms with Gasteiger partial charge in [-0.05, 0) is 47.2 Å². The number of rotatable bonds is 5. The molecule has 1 aromatic carbocycles. The smallest absolute Gasteiger partial charge is 0.272 e. The molecule has 0 fully saturated rings. The Labute approximate surface area is 161 Å². The number of carbonyl (C=O) groups excluding carboxylic acids is 2. The van der Waals surface area contributed by atoms with E-state index in [9.17, 15) is 9.59 Å². The van der Waals surface area contributed by atoms with Crippen LogP contribution in [0.25, 0.3) is 6.08 Å². The van der Waals surface area contributed by atoms with Crippen LogP contribution in [-0.4, -0.2) is 11.8 Å². The van der Waals surface area contributed by atoms with Crippen LogP contribution in [0.4, 0.5) is 5.69 Å². The fraction of sp³-hybridized carbons (Fsp3) is 0. The first-order valence-corrected chi connectivity index (χ1v) is 9.84.